The molecule has 0 aromatic rings. The summed E-state index contributed by atoms with van der Waals surface area (Å²) >= 11 is 1.31. The molecule has 0 unspecified atom stereocenters. The lowest BCUT2D eigenvalue weighted by atomic mass is 10.2. The average Bonchev–Trinajstić information content (AvgIpc) is 1.99. The predicted molar refractivity (Wildman–Crippen MR) is 60.1 cm³/mol. The van der Waals surface area contributed by atoms with Crippen molar-refractivity contribution in [1.82, 2.24) is 5.32 Å². The highest BCUT2D eigenvalue weighted by atomic mass is 32.2. The fraction of sp³-hybridized carbons (Fsp3) is 0.778. The van der Waals surface area contributed by atoms with Crippen LogP contribution in [0.4, 0.5) is 4.79 Å². The highest BCUT2D eigenvalue weighted by molar-refractivity contribution is 8.13. The lowest BCUT2D eigenvalue weighted by Gasteiger charge is -2.21. The van der Waals surface area contributed by atoms with Gasteiger partial charge in [-0.25, -0.2) is 4.79 Å². The summed E-state index contributed by atoms with van der Waals surface area (Å²) in [6.45, 7) is 7.16. The normalized spacial score (nSPS) is 13.2. The van der Waals surface area contributed by atoms with Gasteiger partial charge in [0, 0.05) is 0 Å². The van der Waals surface area contributed by atoms with Crippen molar-refractivity contribution in [2.24, 2.45) is 0 Å². The van der Waals surface area contributed by atoms with Crippen molar-refractivity contribution >= 4 is 22.9 Å². The molecule has 14 heavy (non-hydrogen) atoms. The van der Waals surface area contributed by atoms with Crippen LogP contribution < -0.4 is 5.32 Å². The minimum atomic E-state index is -0.495. The molecule has 1 atom stereocenters. The Kier molecular flexibility index (Phi) is 4.97. The van der Waals surface area contributed by atoms with Crippen molar-refractivity contribution in [2.75, 3.05) is 6.26 Å². The highest BCUT2D eigenvalue weighted by Crippen LogP contribution is 2.07. The summed E-state index contributed by atoms with van der Waals surface area (Å²) in [6, 6.07) is -0.292. The maximum absolute atomic E-state index is 11.3. The van der Waals surface area contributed by atoms with Gasteiger partial charge in [0.05, 0.1) is 11.1 Å². The molecule has 0 bridgehead atoms. The summed E-state index contributed by atoms with van der Waals surface area (Å²) in [5.41, 5.74) is -0.495. The number of carbonyl (C=O) groups is 1. The largest absolute Gasteiger partial charge is 0.444 e. The summed E-state index contributed by atoms with van der Waals surface area (Å²) in [5, 5.41) is 10.5. The number of hydrogen-bond acceptors (Lipinski definition) is 4. The van der Waals surface area contributed by atoms with E-state index in [0.29, 0.717) is 5.04 Å². The van der Waals surface area contributed by atoms with Crippen LogP contribution in [0.2, 0.25) is 0 Å². The van der Waals surface area contributed by atoms with Crippen LogP contribution in [-0.2, 0) is 4.74 Å². The molecule has 0 radical (unpaired) electrons. The first-order valence-corrected chi connectivity index (χ1v) is 5.60. The molecule has 2 N–H and O–H groups in total. The first-order valence-electron chi connectivity index (χ1n) is 4.38. The van der Waals surface area contributed by atoms with Gasteiger partial charge in [0.1, 0.15) is 5.60 Å². The molecule has 0 aliphatic carbocycles. The minimum absolute atomic E-state index is 0.292. The Balaban J connectivity index is 4.01. The van der Waals surface area contributed by atoms with Crippen LogP contribution in [0.5, 0.6) is 0 Å². The van der Waals surface area contributed by atoms with E-state index in [2.05, 4.69) is 5.32 Å². The molecule has 0 fully saturated rings. The van der Waals surface area contributed by atoms with Crippen molar-refractivity contribution in [3.63, 3.8) is 0 Å². The number of alkyl carbamates (subject to hydrolysis) is 1. The quantitative estimate of drug-likeness (QED) is 0.552. The van der Waals surface area contributed by atoms with Crippen molar-refractivity contribution in [1.29, 1.82) is 5.41 Å². The van der Waals surface area contributed by atoms with Gasteiger partial charge in [-0.3, -0.25) is 5.41 Å². The van der Waals surface area contributed by atoms with E-state index in [4.69, 9.17) is 10.1 Å². The van der Waals surface area contributed by atoms with E-state index in [1.165, 1.54) is 11.8 Å². The highest BCUT2D eigenvalue weighted by Gasteiger charge is 2.18. The Morgan fingerprint density at radius 3 is 2.36 bits per heavy atom. The Morgan fingerprint density at radius 1 is 1.50 bits per heavy atom. The van der Waals surface area contributed by atoms with Gasteiger partial charge in [-0.1, -0.05) is 0 Å². The van der Waals surface area contributed by atoms with Gasteiger partial charge in [0.25, 0.3) is 0 Å². The van der Waals surface area contributed by atoms with Crippen molar-refractivity contribution in [2.45, 2.75) is 39.3 Å². The fourth-order valence-corrected chi connectivity index (χ4v) is 1.14. The molecule has 1 amide bonds. The molecule has 0 saturated carbocycles. The average molecular weight is 218 g/mol. The number of carbonyl (C=O) groups excluding carboxylic acids is 1. The van der Waals surface area contributed by atoms with E-state index in [1.54, 1.807) is 34.0 Å². The van der Waals surface area contributed by atoms with E-state index in [-0.39, 0.29) is 6.04 Å². The molecule has 4 nitrogen and oxygen atoms in total. The number of rotatable bonds is 2. The molecule has 0 aromatic heterocycles. The number of ether oxygens (including phenoxy) is 1. The molecule has 0 aromatic carbocycles. The first-order chi connectivity index (χ1) is 6.26. The molecule has 0 heterocycles. The number of hydrogen-bond donors (Lipinski definition) is 2. The van der Waals surface area contributed by atoms with Gasteiger partial charge in [-0.2, -0.15) is 0 Å². The zero-order valence-electron chi connectivity index (χ0n) is 9.30. The van der Waals surface area contributed by atoms with Crippen molar-refractivity contribution in [3.05, 3.63) is 0 Å². The molecule has 5 heteroatoms. The maximum atomic E-state index is 11.3. The first kappa shape index (κ1) is 13.3. The zero-order chi connectivity index (χ0) is 11.4. The molecule has 0 aliphatic heterocycles. The Bertz CT molecular complexity index is 223. The Labute approximate surface area is 89.3 Å². The van der Waals surface area contributed by atoms with Crippen LogP contribution >= 0.6 is 11.8 Å². The second kappa shape index (κ2) is 5.24. The number of amides is 1. The van der Waals surface area contributed by atoms with Crippen LogP contribution in [0.1, 0.15) is 27.7 Å². The third-order valence-electron chi connectivity index (χ3n) is 1.35. The summed E-state index contributed by atoms with van der Waals surface area (Å²) in [5.74, 6) is 0. The summed E-state index contributed by atoms with van der Waals surface area (Å²) in [4.78, 5) is 11.3. The maximum Gasteiger partial charge on any atom is 0.408 e. The molecule has 0 aliphatic rings. The lowest BCUT2D eigenvalue weighted by Crippen LogP contribution is -2.40. The zero-order valence-corrected chi connectivity index (χ0v) is 10.1. The molecular weight excluding hydrogens is 200 g/mol. The van der Waals surface area contributed by atoms with Gasteiger partial charge < -0.3 is 10.1 Å². The van der Waals surface area contributed by atoms with Crippen LogP contribution in [-0.4, -0.2) is 29.0 Å². The van der Waals surface area contributed by atoms with Crippen molar-refractivity contribution in [3.8, 4) is 0 Å². The van der Waals surface area contributed by atoms with E-state index >= 15 is 0 Å². The third kappa shape index (κ3) is 5.85. The van der Waals surface area contributed by atoms with Crippen molar-refractivity contribution < 1.29 is 9.53 Å². The standard InChI is InChI=1S/C9H18N2O2S/c1-6(7(10)14-5)11-8(12)13-9(2,3)4/h6,10H,1-5H3,(H,11,12)/t6-/m0/s1. The minimum Gasteiger partial charge on any atom is -0.444 e. The summed E-state index contributed by atoms with van der Waals surface area (Å²) in [6.07, 6.45) is 1.32. The fourth-order valence-electron chi connectivity index (χ4n) is 0.727. The molecular formula is C9H18N2O2S. The second-order valence-corrected chi connectivity index (χ2v) is 4.78. The summed E-state index contributed by atoms with van der Waals surface area (Å²) in [7, 11) is 0. The molecule has 0 saturated heterocycles. The van der Waals surface area contributed by atoms with E-state index in [1.807, 2.05) is 0 Å². The van der Waals surface area contributed by atoms with E-state index in [0.717, 1.165) is 0 Å². The molecule has 82 valence electrons. The summed E-state index contributed by atoms with van der Waals surface area (Å²) < 4.78 is 5.05. The van der Waals surface area contributed by atoms with E-state index < -0.39 is 11.7 Å². The van der Waals surface area contributed by atoms with Gasteiger partial charge in [-0.15, -0.1) is 11.8 Å². The van der Waals surface area contributed by atoms with Gasteiger partial charge in [0.2, 0.25) is 0 Å². The predicted octanol–water partition coefficient (Wildman–Crippen LogP) is 2.24. The lowest BCUT2D eigenvalue weighted by molar-refractivity contribution is 0.0521. The topological polar surface area (TPSA) is 62.2 Å². The monoisotopic (exact) mass is 218 g/mol. The Hall–Kier alpha value is -0.710. The molecule has 0 spiro atoms. The number of thioether (sulfide) groups is 1. The van der Waals surface area contributed by atoms with Crippen LogP contribution in [0.3, 0.4) is 0 Å². The number of nitrogens with one attached hydrogen (secondary N) is 2. The second-order valence-electron chi connectivity index (χ2n) is 3.94. The van der Waals surface area contributed by atoms with Gasteiger partial charge in [-0.05, 0) is 34.0 Å². The van der Waals surface area contributed by atoms with E-state index in [9.17, 15) is 4.79 Å². The SMILES string of the molecule is CSC(=N)[C@H](C)NC(=O)OC(C)(C)C. The van der Waals surface area contributed by atoms with Crippen LogP contribution in [0.25, 0.3) is 0 Å². The van der Waals surface area contributed by atoms with Gasteiger partial charge >= 0.3 is 6.09 Å². The van der Waals surface area contributed by atoms with Crippen LogP contribution in [0.15, 0.2) is 0 Å². The third-order valence-corrected chi connectivity index (χ3v) is 2.14. The smallest absolute Gasteiger partial charge is 0.408 e. The van der Waals surface area contributed by atoms with Crippen LogP contribution in [0, 0.1) is 5.41 Å². The molecule has 0 rings (SSSR count). The Morgan fingerprint density at radius 2 is 2.00 bits per heavy atom. The van der Waals surface area contributed by atoms with Gasteiger partial charge in [0.15, 0.2) is 0 Å².